The highest BCUT2D eigenvalue weighted by molar-refractivity contribution is 5.80. The van der Waals surface area contributed by atoms with Gasteiger partial charge in [0.15, 0.2) is 11.5 Å². The summed E-state index contributed by atoms with van der Waals surface area (Å²) in [6.45, 7) is 2.88. The Balaban J connectivity index is 1.62. The van der Waals surface area contributed by atoms with E-state index in [2.05, 4.69) is 11.2 Å². The predicted molar refractivity (Wildman–Crippen MR) is 112 cm³/mol. The maximum Gasteiger partial charge on any atom is 0.161 e. The van der Waals surface area contributed by atoms with Crippen molar-refractivity contribution in [1.29, 1.82) is 5.26 Å². The van der Waals surface area contributed by atoms with Crippen molar-refractivity contribution in [2.45, 2.75) is 20.1 Å². The van der Waals surface area contributed by atoms with Crippen LogP contribution in [-0.2, 0) is 18.1 Å². The fourth-order valence-electron chi connectivity index (χ4n) is 2.69. The molecule has 0 aromatic heterocycles. The van der Waals surface area contributed by atoms with Gasteiger partial charge in [-0.05, 0) is 48.9 Å². The van der Waals surface area contributed by atoms with Crippen LogP contribution < -0.4 is 9.47 Å². The van der Waals surface area contributed by atoms with Crippen molar-refractivity contribution in [2.24, 2.45) is 5.16 Å². The summed E-state index contributed by atoms with van der Waals surface area (Å²) in [5.74, 6) is 0.885. The van der Waals surface area contributed by atoms with Crippen LogP contribution in [0.25, 0.3) is 0 Å². The van der Waals surface area contributed by atoms with Gasteiger partial charge in [0.25, 0.3) is 0 Å². The molecule has 0 radical (unpaired) electrons. The summed E-state index contributed by atoms with van der Waals surface area (Å²) < 4.78 is 24.5. The number of halogens is 1. The van der Waals surface area contributed by atoms with E-state index in [0.717, 1.165) is 16.7 Å². The van der Waals surface area contributed by atoms with Gasteiger partial charge in [-0.3, -0.25) is 0 Å². The van der Waals surface area contributed by atoms with Crippen LogP contribution in [0, 0.1) is 17.1 Å². The zero-order chi connectivity index (χ0) is 21.2. The van der Waals surface area contributed by atoms with Crippen LogP contribution >= 0.6 is 0 Å². The fraction of sp³-hybridized carbons (Fsp3) is 0.167. The summed E-state index contributed by atoms with van der Waals surface area (Å²) in [5, 5.41) is 13.1. The van der Waals surface area contributed by atoms with Gasteiger partial charge in [0, 0.05) is 11.1 Å². The minimum absolute atomic E-state index is 0.206. The Bertz CT molecular complexity index is 1040. The average molecular weight is 404 g/mol. The van der Waals surface area contributed by atoms with Gasteiger partial charge in [-0.15, -0.1) is 0 Å². The van der Waals surface area contributed by atoms with Crippen LogP contribution in [0.3, 0.4) is 0 Å². The molecule has 5 nitrogen and oxygen atoms in total. The van der Waals surface area contributed by atoms with Crippen molar-refractivity contribution >= 4 is 6.21 Å². The largest absolute Gasteiger partial charge is 0.490 e. The molecule has 3 rings (SSSR count). The highest BCUT2D eigenvalue weighted by Gasteiger charge is 2.07. The van der Waals surface area contributed by atoms with Gasteiger partial charge >= 0.3 is 0 Å². The molecule has 6 heteroatoms. The van der Waals surface area contributed by atoms with E-state index in [1.807, 2.05) is 25.1 Å². The summed E-state index contributed by atoms with van der Waals surface area (Å²) >= 11 is 0. The second-order valence-electron chi connectivity index (χ2n) is 6.33. The summed E-state index contributed by atoms with van der Waals surface area (Å²) in [6.07, 6.45) is 1.57. The molecule has 0 amide bonds. The summed E-state index contributed by atoms with van der Waals surface area (Å²) in [5.41, 5.74) is 2.97. The first kappa shape index (κ1) is 20.9. The van der Waals surface area contributed by atoms with Crippen molar-refractivity contribution in [3.8, 4) is 17.6 Å². The Kier molecular flexibility index (Phi) is 7.39. The first-order chi connectivity index (χ1) is 14.7. The topological polar surface area (TPSA) is 63.8 Å². The van der Waals surface area contributed by atoms with Crippen molar-refractivity contribution in [3.63, 3.8) is 0 Å². The smallest absolute Gasteiger partial charge is 0.161 e. The third kappa shape index (κ3) is 5.82. The Morgan fingerprint density at radius 2 is 1.77 bits per heavy atom. The van der Waals surface area contributed by atoms with E-state index in [4.69, 9.17) is 19.6 Å². The van der Waals surface area contributed by atoms with Gasteiger partial charge in [0.1, 0.15) is 19.0 Å². The van der Waals surface area contributed by atoms with Gasteiger partial charge in [0.2, 0.25) is 0 Å². The zero-order valence-corrected chi connectivity index (χ0v) is 16.5. The number of rotatable bonds is 9. The lowest BCUT2D eigenvalue weighted by Gasteiger charge is -2.12. The first-order valence-corrected chi connectivity index (χ1v) is 9.47. The Morgan fingerprint density at radius 3 is 2.53 bits per heavy atom. The van der Waals surface area contributed by atoms with Crippen molar-refractivity contribution in [1.82, 2.24) is 0 Å². The molecule has 0 atom stereocenters. The second-order valence-corrected chi connectivity index (χ2v) is 6.33. The highest BCUT2D eigenvalue weighted by atomic mass is 19.1. The number of ether oxygens (including phenoxy) is 2. The number of oxime groups is 1. The molecule has 30 heavy (non-hydrogen) atoms. The average Bonchev–Trinajstić information content (AvgIpc) is 2.77. The highest BCUT2D eigenvalue weighted by Crippen LogP contribution is 2.29. The molecular formula is C24H21FN2O3. The number of nitrogens with zero attached hydrogens (tertiary/aromatic N) is 2. The molecular weight excluding hydrogens is 383 g/mol. The van der Waals surface area contributed by atoms with Crippen LogP contribution in [0.1, 0.15) is 29.2 Å². The predicted octanol–water partition coefficient (Wildman–Crippen LogP) is 5.23. The van der Waals surface area contributed by atoms with Crippen LogP contribution in [0.5, 0.6) is 11.5 Å². The van der Waals surface area contributed by atoms with Gasteiger partial charge in [-0.1, -0.05) is 35.5 Å². The van der Waals surface area contributed by atoms with E-state index in [9.17, 15) is 4.39 Å². The Labute approximate surface area is 174 Å². The second kappa shape index (κ2) is 10.6. The molecule has 3 aromatic rings. The van der Waals surface area contributed by atoms with E-state index in [0.29, 0.717) is 30.3 Å². The maximum absolute atomic E-state index is 13.0. The molecule has 0 spiro atoms. The third-order valence-electron chi connectivity index (χ3n) is 4.21. The van der Waals surface area contributed by atoms with Crippen molar-refractivity contribution < 1.29 is 18.7 Å². The molecule has 0 aliphatic heterocycles. The van der Waals surface area contributed by atoms with Crippen molar-refractivity contribution in [2.75, 3.05) is 6.61 Å². The molecule has 0 unspecified atom stereocenters. The third-order valence-corrected chi connectivity index (χ3v) is 4.21. The lowest BCUT2D eigenvalue weighted by Crippen LogP contribution is -2.00. The molecule has 152 valence electrons. The van der Waals surface area contributed by atoms with Crippen LogP contribution in [0.15, 0.2) is 71.9 Å². The molecule has 0 N–H and O–H groups in total. The maximum atomic E-state index is 13.0. The van der Waals surface area contributed by atoms with Crippen LogP contribution in [-0.4, -0.2) is 12.8 Å². The van der Waals surface area contributed by atoms with Crippen molar-refractivity contribution in [3.05, 3.63) is 94.8 Å². The van der Waals surface area contributed by atoms with E-state index in [1.54, 1.807) is 42.6 Å². The molecule has 0 saturated carbocycles. The van der Waals surface area contributed by atoms with Crippen LogP contribution in [0.4, 0.5) is 4.39 Å². The van der Waals surface area contributed by atoms with E-state index >= 15 is 0 Å². The monoisotopic (exact) mass is 404 g/mol. The molecule has 3 aromatic carbocycles. The summed E-state index contributed by atoms with van der Waals surface area (Å²) in [4.78, 5) is 5.33. The number of hydrogen-bond donors (Lipinski definition) is 0. The quantitative estimate of drug-likeness (QED) is 0.362. The van der Waals surface area contributed by atoms with E-state index < -0.39 is 0 Å². The molecule has 0 aliphatic carbocycles. The minimum atomic E-state index is -0.282. The lowest BCUT2D eigenvalue weighted by molar-refractivity contribution is 0.132. The fourth-order valence-corrected chi connectivity index (χ4v) is 2.69. The zero-order valence-electron chi connectivity index (χ0n) is 16.5. The SMILES string of the molecule is CCOc1cc(/C=N\OCc2ccccc2C#N)ccc1OCc1ccc(F)cc1. The molecule has 0 heterocycles. The molecule has 0 aliphatic rings. The standard InChI is InChI=1S/C24H21FN2O3/c1-2-28-24-13-19(15-27-30-17-21-6-4-3-5-20(21)14-26)9-12-23(24)29-16-18-7-10-22(25)11-8-18/h3-13,15H,2,16-17H2,1H3/b27-15-. The van der Waals surface area contributed by atoms with Gasteiger partial charge in [-0.2, -0.15) is 5.26 Å². The van der Waals surface area contributed by atoms with Gasteiger partial charge in [0.05, 0.1) is 24.5 Å². The first-order valence-electron chi connectivity index (χ1n) is 9.47. The van der Waals surface area contributed by atoms with E-state index in [1.165, 1.54) is 12.1 Å². The number of benzene rings is 3. The Morgan fingerprint density at radius 1 is 0.967 bits per heavy atom. The lowest BCUT2D eigenvalue weighted by atomic mass is 10.1. The number of hydrogen-bond acceptors (Lipinski definition) is 5. The van der Waals surface area contributed by atoms with Gasteiger partial charge < -0.3 is 14.3 Å². The molecule has 0 fully saturated rings. The van der Waals surface area contributed by atoms with Gasteiger partial charge in [-0.25, -0.2) is 4.39 Å². The molecule has 0 bridgehead atoms. The minimum Gasteiger partial charge on any atom is -0.490 e. The van der Waals surface area contributed by atoms with E-state index in [-0.39, 0.29) is 12.4 Å². The summed E-state index contributed by atoms with van der Waals surface area (Å²) in [7, 11) is 0. The van der Waals surface area contributed by atoms with Crippen LogP contribution in [0.2, 0.25) is 0 Å². The normalized spacial score (nSPS) is 10.6. The molecule has 0 saturated heterocycles. The summed E-state index contributed by atoms with van der Waals surface area (Å²) in [6, 6.07) is 20.9. The number of nitriles is 1. The Hall–Kier alpha value is -3.85.